The van der Waals surface area contributed by atoms with Gasteiger partial charge in [0, 0.05) is 29.6 Å². The summed E-state index contributed by atoms with van der Waals surface area (Å²) in [5.41, 5.74) is 3.86. The highest BCUT2D eigenvalue weighted by Crippen LogP contribution is 2.48. The lowest BCUT2D eigenvalue weighted by Gasteiger charge is -2.31. The normalized spacial score (nSPS) is 20.4. The molecule has 5 rings (SSSR count). The number of ether oxygens (including phenoxy) is 2. The van der Waals surface area contributed by atoms with E-state index in [2.05, 4.69) is 11.8 Å². The SMILES string of the molecule is CC1=C(c2ccc(F)c(O)c2)C(c2ccc(OCC(C)N3CCC(CF)C3)cc2)Oc2ccc(O)cc21. The van der Waals surface area contributed by atoms with Gasteiger partial charge in [0.05, 0.1) is 6.67 Å². The molecule has 2 N–H and O–H groups in total. The first-order chi connectivity index (χ1) is 17.8. The molecule has 3 aromatic rings. The molecule has 37 heavy (non-hydrogen) atoms. The monoisotopic (exact) mass is 507 g/mol. The molecule has 0 bridgehead atoms. The van der Waals surface area contributed by atoms with E-state index in [1.54, 1.807) is 24.3 Å². The smallest absolute Gasteiger partial charge is 0.164 e. The van der Waals surface area contributed by atoms with Crippen LogP contribution in [0.1, 0.15) is 43.1 Å². The van der Waals surface area contributed by atoms with Crippen molar-refractivity contribution in [2.24, 2.45) is 5.92 Å². The first-order valence-electron chi connectivity index (χ1n) is 12.6. The second-order valence-electron chi connectivity index (χ2n) is 9.92. The van der Waals surface area contributed by atoms with Gasteiger partial charge in [0.1, 0.15) is 30.0 Å². The Hall–Kier alpha value is -3.58. The Kier molecular flexibility index (Phi) is 7.07. The zero-order valence-electron chi connectivity index (χ0n) is 21.0. The Bertz CT molecular complexity index is 1310. The molecule has 2 heterocycles. The van der Waals surface area contributed by atoms with Gasteiger partial charge in [0.15, 0.2) is 11.6 Å². The van der Waals surface area contributed by atoms with Crippen LogP contribution in [0.5, 0.6) is 23.0 Å². The third-order valence-corrected chi connectivity index (χ3v) is 7.37. The summed E-state index contributed by atoms with van der Waals surface area (Å²) in [7, 11) is 0. The first kappa shape index (κ1) is 25.1. The van der Waals surface area contributed by atoms with Crippen LogP contribution in [0.2, 0.25) is 0 Å². The third-order valence-electron chi connectivity index (χ3n) is 7.37. The van der Waals surface area contributed by atoms with E-state index in [1.807, 2.05) is 31.2 Å². The molecule has 5 nitrogen and oxygen atoms in total. The second kappa shape index (κ2) is 10.4. The van der Waals surface area contributed by atoms with E-state index < -0.39 is 17.7 Å². The van der Waals surface area contributed by atoms with E-state index in [0.717, 1.165) is 47.5 Å². The van der Waals surface area contributed by atoms with E-state index >= 15 is 0 Å². The number of allylic oxidation sites excluding steroid dienone is 1. The maximum atomic E-state index is 13.8. The fourth-order valence-electron chi connectivity index (χ4n) is 5.17. The Morgan fingerprint density at radius 1 is 1.08 bits per heavy atom. The fraction of sp³-hybridized carbons (Fsp3) is 0.333. The Morgan fingerprint density at radius 2 is 1.86 bits per heavy atom. The van der Waals surface area contributed by atoms with Crippen LogP contribution < -0.4 is 9.47 Å². The van der Waals surface area contributed by atoms with Crippen LogP contribution in [0.3, 0.4) is 0 Å². The average molecular weight is 508 g/mol. The molecule has 0 amide bonds. The molecule has 0 spiro atoms. The highest BCUT2D eigenvalue weighted by atomic mass is 19.1. The summed E-state index contributed by atoms with van der Waals surface area (Å²) in [5, 5.41) is 20.1. The lowest BCUT2D eigenvalue weighted by atomic mass is 9.86. The Labute approximate surface area is 215 Å². The molecule has 3 unspecified atom stereocenters. The number of hydrogen-bond donors (Lipinski definition) is 2. The average Bonchev–Trinajstić information content (AvgIpc) is 3.39. The van der Waals surface area contributed by atoms with Crippen molar-refractivity contribution in [2.45, 2.75) is 32.4 Å². The van der Waals surface area contributed by atoms with Crippen LogP contribution in [0.15, 0.2) is 60.7 Å². The van der Waals surface area contributed by atoms with Crippen molar-refractivity contribution in [2.75, 3.05) is 26.4 Å². The summed E-state index contributed by atoms with van der Waals surface area (Å²) in [6.07, 6.45) is 0.373. The minimum atomic E-state index is -0.696. The molecule has 0 saturated carbocycles. The number of alkyl halides is 1. The van der Waals surface area contributed by atoms with Gasteiger partial charge in [0.25, 0.3) is 0 Å². The maximum absolute atomic E-state index is 13.8. The van der Waals surface area contributed by atoms with Crippen molar-refractivity contribution in [3.05, 3.63) is 83.2 Å². The standard InChI is InChI=1S/C30H31F2NO4/c1-18(33-12-11-20(15-31)16-33)17-36-24-7-3-21(4-8-24)30-29(22-5-9-26(32)27(35)13-22)19(2)25-14-23(34)6-10-28(25)37-30/h3-10,13-14,18,20,30,34-35H,11-12,15-17H2,1-2H3. The van der Waals surface area contributed by atoms with Crippen LogP contribution in [0, 0.1) is 11.7 Å². The minimum absolute atomic E-state index is 0.117. The second-order valence-corrected chi connectivity index (χ2v) is 9.92. The maximum Gasteiger partial charge on any atom is 0.164 e. The fourth-order valence-corrected chi connectivity index (χ4v) is 5.17. The van der Waals surface area contributed by atoms with Crippen molar-refractivity contribution >= 4 is 11.1 Å². The topological polar surface area (TPSA) is 62.2 Å². The van der Waals surface area contributed by atoms with Gasteiger partial charge in [0.2, 0.25) is 0 Å². The van der Waals surface area contributed by atoms with Crippen molar-refractivity contribution in [3.63, 3.8) is 0 Å². The number of phenols is 2. The molecule has 0 aromatic heterocycles. The van der Waals surface area contributed by atoms with Crippen LogP contribution in [0.4, 0.5) is 8.78 Å². The van der Waals surface area contributed by atoms with Crippen molar-refractivity contribution < 1.29 is 28.5 Å². The predicted octanol–water partition coefficient (Wildman–Crippen LogP) is 6.36. The zero-order chi connectivity index (χ0) is 26.1. The number of halogens is 2. The number of phenolic OH excluding ortho intramolecular Hbond substituents is 2. The lowest BCUT2D eigenvalue weighted by molar-refractivity contribution is 0.165. The van der Waals surface area contributed by atoms with Crippen LogP contribution in [0.25, 0.3) is 11.1 Å². The van der Waals surface area contributed by atoms with Gasteiger partial charge in [-0.25, -0.2) is 4.39 Å². The number of rotatable bonds is 7. The molecule has 194 valence electrons. The van der Waals surface area contributed by atoms with Crippen LogP contribution in [-0.4, -0.2) is 47.5 Å². The summed E-state index contributed by atoms with van der Waals surface area (Å²) >= 11 is 0. The third kappa shape index (κ3) is 5.14. The van der Waals surface area contributed by atoms with Gasteiger partial charge in [-0.15, -0.1) is 0 Å². The first-order valence-corrected chi connectivity index (χ1v) is 12.6. The minimum Gasteiger partial charge on any atom is -0.508 e. The van der Waals surface area contributed by atoms with Crippen molar-refractivity contribution in [1.29, 1.82) is 0 Å². The molecular weight excluding hydrogens is 476 g/mol. The molecule has 0 aliphatic carbocycles. The Morgan fingerprint density at radius 3 is 2.57 bits per heavy atom. The summed E-state index contributed by atoms with van der Waals surface area (Å²) < 4.78 is 39.2. The molecule has 1 saturated heterocycles. The molecule has 3 atom stereocenters. The predicted molar refractivity (Wildman–Crippen MR) is 139 cm³/mol. The number of hydrogen-bond acceptors (Lipinski definition) is 5. The number of fused-ring (bicyclic) bond motifs is 1. The van der Waals surface area contributed by atoms with Crippen molar-refractivity contribution in [1.82, 2.24) is 4.90 Å². The largest absolute Gasteiger partial charge is 0.508 e. The molecule has 7 heteroatoms. The quantitative estimate of drug-likeness (QED) is 0.390. The number of benzene rings is 3. The zero-order valence-corrected chi connectivity index (χ0v) is 21.0. The van der Waals surface area contributed by atoms with Gasteiger partial charge in [-0.3, -0.25) is 9.29 Å². The van der Waals surface area contributed by atoms with Gasteiger partial charge in [-0.1, -0.05) is 18.2 Å². The number of likely N-dealkylation sites (tertiary alicyclic amines) is 1. The summed E-state index contributed by atoms with van der Waals surface area (Å²) in [5.74, 6) is 0.456. The molecule has 2 aliphatic rings. The van der Waals surface area contributed by atoms with Crippen LogP contribution in [-0.2, 0) is 0 Å². The van der Waals surface area contributed by atoms with E-state index in [0.29, 0.717) is 17.9 Å². The van der Waals surface area contributed by atoms with Gasteiger partial charge in [-0.05, 0) is 86.0 Å². The summed E-state index contributed by atoms with van der Waals surface area (Å²) in [6.45, 7) is 5.92. The van der Waals surface area contributed by atoms with Gasteiger partial charge in [-0.2, -0.15) is 0 Å². The molecule has 2 aliphatic heterocycles. The molecular formula is C30H31F2NO4. The van der Waals surface area contributed by atoms with E-state index in [4.69, 9.17) is 9.47 Å². The van der Waals surface area contributed by atoms with E-state index in [9.17, 15) is 19.0 Å². The molecule has 3 aromatic carbocycles. The van der Waals surface area contributed by atoms with E-state index in [-0.39, 0.29) is 24.4 Å². The van der Waals surface area contributed by atoms with Crippen LogP contribution >= 0.6 is 0 Å². The van der Waals surface area contributed by atoms with Gasteiger partial charge >= 0.3 is 0 Å². The Balaban J connectivity index is 1.39. The summed E-state index contributed by atoms with van der Waals surface area (Å²) in [4.78, 5) is 2.27. The number of aromatic hydroxyl groups is 2. The number of nitrogens with zero attached hydrogens (tertiary/aromatic N) is 1. The van der Waals surface area contributed by atoms with Crippen molar-refractivity contribution in [3.8, 4) is 23.0 Å². The lowest BCUT2D eigenvalue weighted by Crippen LogP contribution is -2.35. The van der Waals surface area contributed by atoms with E-state index in [1.165, 1.54) is 12.1 Å². The molecule has 0 radical (unpaired) electrons. The highest BCUT2D eigenvalue weighted by Gasteiger charge is 2.30. The summed E-state index contributed by atoms with van der Waals surface area (Å²) in [6, 6.07) is 17.0. The highest BCUT2D eigenvalue weighted by molar-refractivity contribution is 5.95. The van der Waals surface area contributed by atoms with Gasteiger partial charge < -0.3 is 19.7 Å². The molecule has 1 fully saturated rings.